The van der Waals surface area contributed by atoms with E-state index in [0.717, 1.165) is 43.2 Å². The maximum atomic E-state index is 15.0. The Labute approximate surface area is 283 Å². The Hall–Kier alpha value is -2.85. The zero-order valence-electron chi connectivity index (χ0n) is 26.7. The predicted molar refractivity (Wildman–Crippen MR) is 179 cm³/mol. The molecule has 0 saturated heterocycles. The molecule has 0 aliphatic heterocycles. The summed E-state index contributed by atoms with van der Waals surface area (Å²) in [5.41, 5.74) is -0.845. The van der Waals surface area contributed by atoms with Crippen molar-refractivity contribution in [3.8, 4) is 11.4 Å². The quantitative estimate of drug-likeness (QED) is 0.180. The van der Waals surface area contributed by atoms with Crippen LogP contribution in [0.15, 0.2) is 71.7 Å². The number of Topliss-reactive ketones (excluding diaryl/α,β-unsaturated/α-hetero) is 1. The van der Waals surface area contributed by atoms with Crippen molar-refractivity contribution in [1.29, 1.82) is 0 Å². The first-order valence-electron chi connectivity index (χ1n) is 16.7. The molecular weight excluding hydrogens is 635 g/mol. The maximum absolute atomic E-state index is 15.0. The number of H-pyrrole nitrogens is 1. The summed E-state index contributed by atoms with van der Waals surface area (Å²) in [5, 5.41) is 31.8. The number of benzene rings is 1. The SMILES string of the molecule is CC12CCC(O)CC13C=CC1(C(C(=O)Cc4c(F)cccc4Cl)=C3)C2CCC2(C)C1CCC2(O)CSc1n[nH]c(-c2ccncc2)n1. The molecule has 3 aromatic rings. The van der Waals surface area contributed by atoms with Crippen molar-refractivity contribution in [2.75, 3.05) is 5.75 Å². The molecule has 9 rings (SSSR count). The molecule has 3 N–H and O–H groups in total. The molecule has 2 spiro atoms. The molecule has 2 heterocycles. The summed E-state index contributed by atoms with van der Waals surface area (Å²) in [4.78, 5) is 23.3. The van der Waals surface area contributed by atoms with Crippen LogP contribution < -0.4 is 0 Å². The minimum atomic E-state index is -1.01. The lowest BCUT2D eigenvalue weighted by Gasteiger charge is -2.71. The first-order valence-corrected chi connectivity index (χ1v) is 18.1. The van der Waals surface area contributed by atoms with Crippen LogP contribution in [-0.2, 0) is 11.2 Å². The fraction of sp³-hybridized carbons (Fsp3) is 0.514. The Morgan fingerprint density at radius 2 is 1.81 bits per heavy atom. The highest BCUT2D eigenvalue weighted by Gasteiger charge is 2.74. The van der Waals surface area contributed by atoms with Crippen molar-refractivity contribution in [1.82, 2.24) is 20.2 Å². The Balaban J connectivity index is 1.16. The molecule has 6 aliphatic carbocycles. The summed E-state index contributed by atoms with van der Waals surface area (Å²) in [7, 11) is 0. The largest absolute Gasteiger partial charge is 0.393 e. The predicted octanol–water partition coefficient (Wildman–Crippen LogP) is 7.15. The van der Waals surface area contributed by atoms with Gasteiger partial charge in [0.05, 0.1) is 11.7 Å². The van der Waals surface area contributed by atoms with Gasteiger partial charge in [0.15, 0.2) is 11.6 Å². The number of carbonyl (C=O) groups excluding carboxylic acids is 1. The molecule has 2 bridgehead atoms. The molecule has 3 fully saturated rings. The van der Waals surface area contributed by atoms with Gasteiger partial charge >= 0.3 is 0 Å². The molecule has 1 aromatic carbocycles. The molecule has 2 aromatic heterocycles. The number of halogens is 2. The highest BCUT2D eigenvalue weighted by Crippen LogP contribution is 2.78. The van der Waals surface area contributed by atoms with E-state index in [1.165, 1.54) is 17.8 Å². The van der Waals surface area contributed by atoms with E-state index in [1.807, 2.05) is 12.1 Å². The minimum absolute atomic E-state index is 0.00314. The molecule has 10 heteroatoms. The highest BCUT2D eigenvalue weighted by atomic mass is 35.5. The molecule has 8 unspecified atom stereocenters. The van der Waals surface area contributed by atoms with E-state index in [2.05, 4.69) is 52.2 Å². The van der Waals surface area contributed by atoms with Crippen LogP contribution in [0.3, 0.4) is 0 Å². The van der Waals surface area contributed by atoms with Crippen LogP contribution in [0.5, 0.6) is 0 Å². The lowest BCUT2D eigenvalue weighted by Crippen LogP contribution is -2.67. The van der Waals surface area contributed by atoms with Crippen LogP contribution >= 0.6 is 23.4 Å². The number of aromatic amines is 1. The van der Waals surface area contributed by atoms with E-state index < -0.39 is 33.8 Å². The van der Waals surface area contributed by atoms with Crippen LogP contribution in [0.4, 0.5) is 4.39 Å². The molecule has 0 radical (unpaired) electrons. The second-order valence-corrected chi connectivity index (χ2v) is 16.5. The molecule has 8 atom stereocenters. The highest BCUT2D eigenvalue weighted by molar-refractivity contribution is 7.99. The summed E-state index contributed by atoms with van der Waals surface area (Å²) in [6, 6.07) is 8.29. The number of pyridine rings is 1. The molecule has 3 saturated carbocycles. The van der Waals surface area contributed by atoms with Crippen LogP contribution in [-0.4, -0.2) is 53.6 Å². The van der Waals surface area contributed by atoms with Crippen LogP contribution in [0.2, 0.25) is 5.02 Å². The number of ketones is 1. The van der Waals surface area contributed by atoms with Crippen molar-refractivity contribution in [2.45, 2.75) is 82.1 Å². The molecule has 6 aliphatic rings. The first kappa shape index (κ1) is 31.4. The second kappa shape index (κ2) is 10.8. The van der Waals surface area contributed by atoms with Crippen LogP contribution in [0.1, 0.15) is 64.4 Å². The third-order valence-electron chi connectivity index (χ3n) is 13.3. The van der Waals surface area contributed by atoms with Crippen LogP contribution in [0.25, 0.3) is 11.4 Å². The summed E-state index contributed by atoms with van der Waals surface area (Å²) >= 11 is 7.90. The number of thioether (sulfide) groups is 1. The third-order valence-corrected chi connectivity index (χ3v) is 14.7. The van der Waals surface area contributed by atoms with E-state index in [0.29, 0.717) is 29.6 Å². The van der Waals surface area contributed by atoms with E-state index in [1.54, 1.807) is 24.5 Å². The van der Waals surface area contributed by atoms with E-state index in [4.69, 9.17) is 11.6 Å². The van der Waals surface area contributed by atoms with E-state index in [-0.39, 0.29) is 40.0 Å². The number of nitrogens with zero attached hydrogens (tertiary/aromatic N) is 3. The number of allylic oxidation sites excluding steroid dienone is 4. The van der Waals surface area contributed by atoms with Gasteiger partial charge in [0.1, 0.15) is 5.82 Å². The number of hydrogen-bond acceptors (Lipinski definition) is 7. The summed E-state index contributed by atoms with van der Waals surface area (Å²) in [6.45, 7) is 4.57. The number of aromatic nitrogens is 4. The first-order chi connectivity index (χ1) is 22.4. The smallest absolute Gasteiger partial charge is 0.208 e. The molecule has 47 heavy (non-hydrogen) atoms. The Kier molecular flexibility index (Phi) is 7.24. The molecule has 246 valence electrons. The topological polar surface area (TPSA) is 112 Å². The van der Waals surface area contributed by atoms with Crippen molar-refractivity contribution in [2.24, 2.45) is 33.5 Å². The number of aliphatic hydroxyl groups excluding tert-OH is 1. The Bertz CT molecular complexity index is 1800. The van der Waals surface area contributed by atoms with Gasteiger partial charge in [-0.3, -0.25) is 14.9 Å². The van der Waals surface area contributed by atoms with Crippen molar-refractivity contribution in [3.63, 3.8) is 0 Å². The van der Waals surface area contributed by atoms with Crippen molar-refractivity contribution >= 4 is 29.1 Å². The zero-order valence-corrected chi connectivity index (χ0v) is 28.3. The standard InChI is InChI=1S/C37H40ClFN4O3S/c1-33-11-6-23(44)19-35(33)14-15-37(25(20-35)28(45)18-24-26(38)4-3-5-27(24)39)29(33)7-12-34(2)30(37)8-13-36(34,46)21-47-32-41-31(42-43-32)22-9-16-40-17-10-22/h3-5,9-10,14-17,20,23,29-30,44,46H,6-8,11-13,18-19,21H2,1-2H3,(H,41,42,43). The van der Waals surface area contributed by atoms with Gasteiger partial charge in [0.2, 0.25) is 5.16 Å². The second-order valence-electron chi connectivity index (χ2n) is 15.1. The lowest BCUT2D eigenvalue weighted by molar-refractivity contribution is -0.170. The number of rotatable bonds is 7. The van der Waals surface area contributed by atoms with Gasteiger partial charge in [-0.15, -0.1) is 5.10 Å². The Morgan fingerprint density at radius 3 is 2.60 bits per heavy atom. The summed E-state index contributed by atoms with van der Waals surface area (Å²) < 4.78 is 15.0. The molecule has 0 amide bonds. The van der Waals surface area contributed by atoms with Gasteiger partial charge in [0, 0.05) is 62.5 Å². The van der Waals surface area contributed by atoms with Crippen LogP contribution in [0, 0.1) is 39.3 Å². The minimum Gasteiger partial charge on any atom is -0.393 e. The van der Waals surface area contributed by atoms with Gasteiger partial charge in [-0.2, -0.15) is 0 Å². The summed E-state index contributed by atoms with van der Waals surface area (Å²) in [6.07, 6.45) is 14.8. The molecule has 7 nitrogen and oxygen atoms in total. The van der Waals surface area contributed by atoms with Gasteiger partial charge in [-0.05, 0) is 86.5 Å². The van der Waals surface area contributed by atoms with Crippen molar-refractivity contribution < 1.29 is 19.4 Å². The van der Waals surface area contributed by atoms with Gasteiger partial charge in [-0.25, -0.2) is 9.37 Å². The third kappa shape index (κ3) is 4.38. The normalized spacial score (nSPS) is 38.4. The van der Waals surface area contributed by atoms with E-state index >= 15 is 4.39 Å². The maximum Gasteiger partial charge on any atom is 0.208 e. The molecular formula is C37H40ClFN4O3S. The van der Waals surface area contributed by atoms with Gasteiger partial charge < -0.3 is 10.2 Å². The lowest BCUT2D eigenvalue weighted by atomic mass is 9.32. The Morgan fingerprint density at radius 1 is 1.06 bits per heavy atom. The fourth-order valence-electron chi connectivity index (χ4n) is 10.7. The van der Waals surface area contributed by atoms with E-state index in [9.17, 15) is 15.0 Å². The van der Waals surface area contributed by atoms with Crippen molar-refractivity contribution in [3.05, 3.63) is 82.9 Å². The van der Waals surface area contributed by atoms with Gasteiger partial charge in [0.25, 0.3) is 0 Å². The average Bonchev–Trinajstić information content (AvgIpc) is 3.64. The fourth-order valence-corrected chi connectivity index (χ4v) is 12.1. The number of fused-ring (bicyclic) bond motifs is 1. The number of nitrogens with one attached hydrogen (secondary N) is 1. The monoisotopic (exact) mass is 674 g/mol. The zero-order chi connectivity index (χ0) is 32.8. The van der Waals surface area contributed by atoms with Gasteiger partial charge in [-0.1, -0.05) is 61.5 Å². The number of aliphatic hydroxyl groups is 2. The number of carbonyl (C=O) groups is 1. The summed E-state index contributed by atoms with van der Waals surface area (Å²) in [5.74, 6) is 0.659. The average molecular weight is 675 g/mol. The number of hydrogen-bond donors (Lipinski definition) is 3.